The van der Waals surface area contributed by atoms with E-state index in [0.29, 0.717) is 22.5 Å². The van der Waals surface area contributed by atoms with Crippen molar-refractivity contribution >= 4 is 44.7 Å². The van der Waals surface area contributed by atoms with Crippen molar-refractivity contribution in [3.63, 3.8) is 0 Å². The van der Waals surface area contributed by atoms with Gasteiger partial charge in [0.25, 0.3) is 0 Å². The molecule has 8 rings (SSSR count). The molecule has 3 heterocycles. The minimum atomic E-state index is -4.45. The molecule has 0 spiro atoms. The Balaban J connectivity index is 1.32. The van der Waals surface area contributed by atoms with E-state index in [2.05, 4.69) is 48.8 Å². The van der Waals surface area contributed by atoms with Gasteiger partial charge in [-0.25, -0.2) is 4.98 Å². The molecule has 3 fully saturated rings. The molecule has 46 heavy (non-hydrogen) atoms. The van der Waals surface area contributed by atoms with Crippen LogP contribution in [-0.2, 0) is 0 Å². The van der Waals surface area contributed by atoms with Crippen LogP contribution >= 0.6 is 11.6 Å². The molecular weight excluding hydrogens is 617 g/mol. The number of ether oxygens (including phenoxy) is 1. The fraction of sp³-hybridized carbons (Fsp3) is 0.364. The number of fused-ring (bicyclic) bond motifs is 2. The Hall–Kier alpha value is -4.47. The molecule has 4 aromatic rings. The lowest BCUT2D eigenvalue weighted by atomic mass is 9.49. The molecule has 238 valence electrons. The summed E-state index contributed by atoms with van der Waals surface area (Å²) in [6, 6.07) is 13.0. The molecule has 0 amide bonds. The minimum Gasteiger partial charge on any atom is -0.481 e. The van der Waals surface area contributed by atoms with Crippen molar-refractivity contribution in [2.24, 2.45) is 11.3 Å². The van der Waals surface area contributed by atoms with Crippen LogP contribution in [0.2, 0.25) is 5.02 Å². The number of halogens is 4. The average Bonchev–Trinajstić information content (AvgIpc) is 3.45. The standard InChI is InChI=1S/C33H32ClF3N8O/c1-31(2,33(35,36)37)17-41-27-19(14-38)15-40-28-24(27)9-20(10-25(28)34)42-29(26-16-45(44-43-26)32-11-18(12-32)13-32)22-5-4-6-23-21(22)7-8-39-30(23)46-3/h4-10,15-16,18,29,42-44H,11-13,17H2,1-3H3,(H,40,41)/t18?,29-,32?/m0/s1. The lowest BCUT2D eigenvalue weighted by Gasteiger charge is -2.64. The third-order valence-electron chi connectivity index (χ3n) is 9.56. The van der Waals surface area contributed by atoms with Crippen LogP contribution in [0.3, 0.4) is 0 Å². The first kappa shape index (κ1) is 30.2. The molecule has 4 aliphatic rings. The first-order chi connectivity index (χ1) is 21.9. The molecule has 2 bridgehead atoms. The Labute approximate surface area is 268 Å². The zero-order valence-electron chi connectivity index (χ0n) is 25.4. The normalized spacial score (nSPS) is 21.1. The predicted molar refractivity (Wildman–Crippen MR) is 171 cm³/mol. The Morgan fingerprint density at radius 2 is 1.93 bits per heavy atom. The van der Waals surface area contributed by atoms with E-state index in [-0.39, 0.29) is 21.8 Å². The van der Waals surface area contributed by atoms with Crippen molar-refractivity contribution in [2.75, 3.05) is 24.3 Å². The number of hydrogen-bond acceptors (Lipinski definition) is 9. The summed E-state index contributed by atoms with van der Waals surface area (Å²) in [5.41, 5.74) is 7.88. The van der Waals surface area contributed by atoms with E-state index in [1.165, 1.54) is 6.20 Å². The number of pyridine rings is 2. The second-order valence-corrected chi connectivity index (χ2v) is 13.4. The number of aromatic nitrogens is 2. The van der Waals surface area contributed by atoms with Crippen LogP contribution in [0, 0.1) is 22.7 Å². The van der Waals surface area contributed by atoms with Crippen LogP contribution in [0.15, 0.2) is 60.7 Å². The van der Waals surface area contributed by atoms with E-state index in [1.54, 1.807) is 25.4 Å². The van der Waals surface area contributed by atoms with Crippen LogP contribution < -0.4 is 26.3 Å². The number of nitrogens with zero attached hydrogens (tertiary/aromatic N) is 4. The lowest BCUT2D eigenvalue weighted by molar-refractivity contribution is -0.206. The summed E-state index contributed by atoms with van der Waals surface area (Å²) in [7, 11) is 1.58. The van der Waals surface area contributed by atoms with E-state index < -0.39 is 24.2 Å². The first-order valence-corrected chi connectivity index (χ1v) is 15.3. The number of rotatable bonds is 9. The number of nitrogens with one attached hydrogen (secondary N) is 4. The minimum absolute atomic E-state index is 0.113. The molecule has 4 N–H and O–H groups in total. The van der Waals surface area contributed by atoms with E-state index in [1.807, 2.05) is 24.3 Å². The van der Waals surface area contributed by atoms with Crippen molar-refractivity contribution in [3.05, 3.63) is 76.8 Å². The molecule has 9 nitrogen and oxygen atoms in total. The number of alkyl halides is 3. The molecule has 2 aromatic carbocycles. The summed E-state index contributed by atoms with van der Waals surface area (Å²) in [4.78, 5) is 8.75. The Morgan fingerprint density at radius 3 is 2.61 bits per heavy atom. The summed E-state index contributed by atoms with van der Waals surface area (Å²) in [6.45, 7) is 1.78. The van der Waals surface area contributed by atoms with E-state index in [9.17, 15) is 18.4 Å². The van der Waals surface area contributed by atoms with Gasteiger partial charge in [-0.3, -0.25) is 9.99 Å². The van der Waals surface area contributed by atoms with Gasteiger partial charge in [0.1, 0.15) is 6.07 Å². The number of nitriles is 1. The van der Waals surface area contributed by atoms with Gasteiger partial charge in [0.2, 0.25) is 5.88 Å². The number of hydrazine groups is 2. The highest BCUT2D eigenvalue weighted by atomic mass is 35.5. The molecule has 2 aromatic heterocycles. The molecule has 1 aliphatic heterocycles. The molecule has 1 atom stereocenters. The monoisotopic (exact) mass is 648 g/mol. The molecule has 13 heteroatoms. The van der Waals surface area contributed by atoms with Crippen molar-refractivity contribution in [1.82, 2.24) is 25.9 Å². The van der Waals surface area contributed by atoms with Crippen LogP contribution in [0.5, 0.6) is 5.88 Å². The van der Waals surface area contributed by atoms with Gasteiger partial charge in [-0.1, -0.05) is 23.7 Å². The van der Waals surface area contributed by atoms with Crippen LogP contribution in [-0.4, -0.2) is 40.3 Å². The molecule has 3 saturated carbocycles. The highest BCUT2D eigenvalue weighted by Crippen LogP contribution is 2.60. The third kappa shape index (κ3) is 4.89. The number of benzene rings is 2. The molecule has 0 radical (unpaired) electrons. The molecule has 0 saturated heterocycles. The highest BCUT2D eigenvalue weighted by Gasteiger charge is 2.60. The zero-order chi connectivity index (χ0) is 32.4. The number of hydrogen-bond donors (Lipinski definition) is 4. The Morgan fingerprint density at radius 1 is 1.15 bits per heavy atom. The third-order valence-corrected chi connectivity index (χ3v) is 9.84. The maximum Gasteiger partial charge on any atom is 0.395 e. The lowest BCUT2D eigenvalue weighted by Crippen LogP contribution is -2.69. The van der Waals surface area contributed by atoms with Gasteiger partial charge >= 0.3 is 6.18 Å². The van der Waals surface area contributed by atoms with Gasteiger partial charge in [0, 0.05) is 41.6 Å². The Bertz CT molecular complexity index is 1920. The topological polar surface area (TPSA) is 110 Å². The Kier molecular flexibility index (Phi) is 7.10. The summed E-state index contributed by atoms with van der Waals surface area (Å²) in [5.74, 6) is 1.30. The molecule has 0 unspecified atom stereocenters. The van der Waals surface area contributed by atoms with Gasteiger partial charge in [-0.15, -0.1) is 5.53 Å². The van der Waals surface area contributed by atoms with Gasteiger partial charge in [0.05, 0.1) is 51.6 Å². The average molecular weight is 649 g/mol. The molecule has 3 aliphatic carbocycles. The summed E-state index contributed by atoms with van der Waals surface area (Å²) in [6.07, 6.45) is 4.11. The highest BCUT2D eigenvalue weighted by molar-refractivity contribution is 6.35. The fourth-order valence-corrected chi connectivity index (χ4v) is 6.86. The van der Waals surface area contributed by atoms with Crippen molar-refractivity contribution in [1.29, 1.82) is 5.26 Å². The van der Waals surface area contributed by atoms with Crippen LogP contribution in [0.1, 0.15) is 50.3 Å². The smallest absolute Gasteiger partial charge is 0.395 e. The van der Waals surface area contributed by atoms with Crippen LogP contribution in [0.25, 0.3) is 21.7 Å². The fourth-order valence-electron chi connectivity index (χ4n) is 6.59. The van der Waals surface area contributed by atoms with Crippen molar-refractivity contribution in [2.45, 2.75) is 50.9 Å². The number of anilines is 2. The van der Waals surface area contributed by atoms with Gasteiger partial charge in [-0.2, -0.15) is 18.4 Å². The summed E-state index contributed by atoms with van der Waals surface area (Å²) >= 11 is 6.76. The maximum atomic E-state index is 13.7. The van der Waals surface area contributed by atoms with Crippen LogP contribution in [0.4, 0.5) is 24.5 Å². The van der Waals surface area contributed by atoms with Gasteiger partial charge in [0.15, 0.2) is 0 Å². The summed E-state index contributed by atoms with van der Waals surface area (Å²) < 4.78 is 46.7. The van der Waals surface area contributed by atoms with Gasteiger partial charge < -0.3 is 20.8 Å². The van der Waals surface area contributed by atoms with Crippen molar-refractivity contribution < 1.29 is 17.9 Å². The maximum absolute atomic E-state index is 13.7. The zero-order valence-corrected chi connectivity index (χ0v) is 26.1. The molecular formula is C33H32ClF3N8O. The van der Waals surface area contributed by atoms with E-state index >= 15 is 0 Å². The van der Waals surface area contributed by atoms with E-state index in [4.69, 9.17) is 16.3 Å². The first-order valence-electron chi connectivity index (χ1n) is 15.0. The van der Waals surface area contributed by atoms with Gasteiger partial charge in [-0.05, 0) is 74.2 Å². The van der Waals surface area contributed by atoms with Crippen molar-refractivity contribution in [3.8, 4) is 11.9 Å². The quantitative estimate of drug-likeness (QED) is 0.150. The summed E-state index contributed by atoms with van der Waals surface area (Å²) in [5, 5.41) is 21.0. The predicted octanol–water partition coefficient (Wildman–Crippen LogP) is 7.19. The number of methoxy groups -OCH3 is 1. The second kappa shape index (κ2) is 10.8. The van der Waals surface area contributed by atoms with E-state index in [0.717, 1.165) is 61.1 Å². The SMILES string of the molecule is COc1nccc2c([C@H](Nc3cc(Cl)c4ncc(C#N)c(NCC(C)(C)C(F)(F)F)c4c3)C3=CN(C45CC(C4)C5)NN3)cccc12. The second-order valence-electron chi connectivity index (χ2n) is 13.0. The largest absolute Gasteiger partial charge is 0.481 e.